The molecule has 2 N–H and O–H groups in total. The molecule has 0 bridgehead atoms. The summed E-state index contributed by atoms with van der Waals surface area (Å²) >= 11 is 0. The zero-order valence-corrected chi connectivity index (χ0v) is 12.3. The van der Waals surface area contributed by atoms with Gasteiger partial charge < -0.3 is 15.4 Å². The van der Waals surface area contributed by atoms with Crippen molar-refractivity contribution in [3.05, 3.63) is 29.3 Å². The molecule has 0 saturated carbocycles. The smallest absolute Gasteiger partial charge is 0.337 e. The van der Waals surface area contributed by atoms with Gasteiger partial charge in [0.05, 0.1) is 12.7 Å². The van der Waals surface area contributed by atoms with Gasteiger partial charge in [-0.05, 0) is 31.0 Å². The SMILES string of the molecule is CCCCCNC(=O)Nc1cc(C(=O)OC)ccc1C. The summed E-state index contributed by atoms with van der Waals surface area (Å²) in [5.41, 5.74) is 1.92. The van der Waals surface area contributed by atoms with E-state index in [1.54, 1.807) is 18.2 Å². The molecule has 0 saturated heterocycles. The highest BCUT2D eigenvalue weighted by Gasteiger charge is 2.09. The summed E-state index contributed by atoms with van der Waals surface area (Å²) in [5.74, 6) is -0.420. The van der Waals surface area contributed by atoms with Gasteiger partial charge in [-0.1, -0.05) is 25.8 Å². The van der Waals surface area contributed by atoms with Crippen molar-refractivity contribution in [2.24, 2.45) is 0 Å². The minimum atomic E-state index is -0.420. The van der Waals surface area contributed by atoms with Crippen molar-refractivity contribution < 1.29 is 14.3 Å². The summed E-state index contributed by atoms with van der Waals surface area (Å²) in [6, 6.07) is 4.81. The van der Waals surface area contributed by atoms with Gasteiger partial charge in [0.15, 0.2) is 0 Å². The normalized spacial score (nSPS) is 9.95. The van der Waals surface area contributed by atoms with Crippen LogP contribution < -0.4 is 10.6 Å². The van der Waals surface area contributed by atoms with Crippen molar-refractivity contribution in [1.29, 1.82) is 0 Å². The summed E-state index contributed by atoms with van der Waals surface area (Å²) in [6.45, 7) is 4.63. The Kier molecular flexibility index (Phi) is 6.56. The van der Waals surface area contributed by atoms with Crippen molar-refractivity contribution in [1.82, 2.24) is 5.32 Å². The number of benzene rings is 1. The third-order valence-corrected chi connectivity index (χ3v) is 2.97. The van der Waals surface area contributed by atoms with Gasteiger partial charge in [-0.25, -0.2) is 9.59 Å². The molecule has 0 aromatic heterocycles. The van der Waals surface area contributed by atoms with Gasteiger partial charge in [0.2, 0.25) is 0 Å². The van der Waals surface area contributed by atoms with E-state index in [0.29, 0.717) is 17.8 Å². The largest absolute Gasteiger partial charge is 0.465 e. The van der Waals surface area contributed by atoms with E-state index in [1.165, 1.54) is 7.11 Å². The summed E-state index contributed by atoms with van der Waals surface area (Å²) in [6.07, 6.45) is 3.17. The van der Waals surface area contributed by atoms with Crippen molar-refractivity contribution >= 4 is 17.7 Å². The van der Waals surface area contributed by atoms with E-state index in [2.05, 4.69) is 22.3 Å². The number of urea groups is 1. The zero-order chi connectivity index (χ0) is 15.0. The summed E-state index contributed by atoms with van der Waals surface area (Å²) in [5, 5.41) is 5.54. The number of carbonyl (C=O) groups is 2. The van der Waals surface area contributed by atoms with Crippen LogP contribution in [0.5, 0.6) is 0 Å². The number of amides is 2. The molecule has 110 valence electrons. The molecule has 20 heavy (non-hydrogen) atoms. The van der Waals surface area contributed by atoms with Crippen LogP contribution in [0.25, 0.3) is 0 Å². The quantitative estimate of drug-likeness (QED) is 0.620. The Labute approximate surface area is 119 Å². The molecule has 0 unspecified atom stereocenters. The predicted octanol–water partition coefficient (Wildman–Crippen LogP) is 3.09. The lowest BCUT2D eigenvalue weighted by Gasteiger charge is -2.11. The first-order chi connectivity index (χ1) is 9.58. The number of esters is 1. The van der Waals surface area contributed by atoms with Gasteiger partial charge in [0.25, 0.3) is 0 Å². The van der Waals surface area contributed by atoms with Crippen LogP contribution in [0.2, 0.25) is 0 Å². The Morgan fingerprint density at radius 1 is 1.25 bits per heavy atom. The average molecular weight is 278 g/mol. The van der Waals surface area contributed by atoms with E-state index < -0.39 is 5.97 Å². The summed E-state index contributed by atoms with van der Waals surface area (Å²) < 4.78 is 4.66. The fourth-order valence-corrected chi connectivity index (χ4v) is 1.74. The van der Waals surface area contributed by atoms with E-state index in [9.17, 15) is 9.59 Å². The van der Waals surface area contributed by atoms with Crippen LogP contribution in [0.15, 0.2) is 18.2 Å². The van der Waals surface area contributed by atoms with Crippen LogP contribution in [0.4, 0.5) is 10.5 Å². The van der Waals surface area contributed by atoms with E-state index in [0.717, 1.165) is 24.8 Å². The molecule has 1 aromatic rings. The fraction of sp³-hybridized carbons (Fsp3) is 0.467. The van der Waals surface area contributed by atoms with Crippen LogP contribution in [0.1, 0.15) is 42.1 Å². The number of hydrogen-bond donors (Lipinski definition) is 2. The number of aryl methyl sites for hydroxylation is 1. The lowest BCUT2D eigenvalue weighted by atomic mass is 10.1. The third kappa shape index (κ3) is 4.91. The van der Waals surface area contributed by atoms with Crippen molar-refractivity contribution in [2.75, 3.05) is 19.0 Å². The van der Waals surface area contributed by atoms with Crippen LogP contribution in [-0.4, -0.2) is 25.7 Å². The topological polar surface area (TPSA) is 67.4 Å². The number of hydrogen-bond acceptors (Lipinski definition) is 3. The molecule has 5 heteroatoms. The average Bonchev–Trinajstić information content (AvgIpc) is 2.45. The second-order valence-corrected chi connectivity index (χ2v) is 4.61. The highest BCUT2D eigenvalue weighted by atomic mass is 16.5. The van der Waals surface area contributed by atoms with Crippen LogP contribution in [0, 0.1) is 6.92 Å². The number of methoxy groups -OCH3 is 1. The molecule has 0 aliphatic rings. The Morgan fingerprint density at radius 2 is 2.00 bits per heavy atom. The highest BCUT2D eigenvalue weighted by molar-refractivity contribution is 5.94. The Bertz CT molecular complexity index is 472. The monoisotopic (exact) mass is 278 g/mol. The molecular formula is C15H22N2O3. The molecule has 0 spiro atoms. The third-order valence-electron chi connectivity index (χ3n) is 2.97. The molecule has 0 fully saturated rings. The van der Waals surface area contributed by atoms with E-state index in [1.807, 2.05) is 6.92 Å². The second-order valence-electron chi connectivity index (χ2n) is 4.61. The maximum Gasteiger partial charge on any atom is 0.337 e. The maximum atomic E-state index is 11.7. The molecule has 0 aliphatic carbocycles. The molecule has 0 heterocycles. The number of nitrogens with one attached hydrogen (secondary N) is 2. The van der Waals surface area contributed by atoms with E-state index >= 15 is 0 Å². The van der Waals surface area contributed by atoms with Crippen molar-refractivity contribution in [2.45, 2.75) is 33.1 Å². The number of anilines is 1. The molecule has 2 amide bonds. The minimum Gasteiger partial charge on any atom is -0.465 e. The van der Waals surface area contributed by atoms with E-state index in [4.69, 9.17) is 0 Å². The molecule has 5 nitrogen and oxygen atoms in total. The molecule has 0 atom stereocenters. The number of rotatable bonds is 6. The van der Waals surface area contributed by atoms with Gasteiger partial charge in [0.1, 0.15) is 0 Å². The Hall–Kier alpha value is -2.04. The minimum absolute atomic E-state index is 0.258. The fourth-order valence-electron chi connectivity index (χ4n) is 1.74. The van der Waals surface area contributed by atoms with Crippen LogP contribution in [-0.2, 0) is 4.74 Å². The molecule has 1 aromatic carbocycles. The van der Waals surface area contributed by atoms with Gasteiger partial charge in [-0.2, -0.15) is 0 Å². The lowest BCUT2D eigenvalue weighted by Crippen LogP contribution is -2.29. The van der Waals surface area contributed by atoms with Crippen molar-refractivity contribution in [3.63, 3.8) is 0 Å². The second kappa shape index (κ2) is 8.19. The first kappa shape index (κ1) is 16.0. The molecular weight excluding hydrogens is 256 g/mol. The molecule has 0 aliphatic heterocycles. The van der Waals surface area contributed by atoms with Gasteiger partial charge in [-0.15, -0.1) is 0 Å². The number of unbranched alkanes of at least 4 members (excludes halogenated alkanes) is 2. The van der Waals surface area contributed by atoms with Gasteiger partial charge in [-0.3, -0.25) is 0 Å². The van der Waals surface area contributed by atoms with Gasteiger partial charge >= 0.3 is 12.0 Å². The molecule has 0 radical (unpaired) electrons. The zero-order valence-electron chi connectivity index (χ0n) is 12.3. The van der Waals surface area contributed by atoms with E-state index in [-0.39, 0.29) is 6.03 Å². The lowest BCUT2D eigenvalue weighted by molar-refractivity contribution is 0.0600. The van der Waals surface area contributed by atoms with Gasteiger partial charge in [0, 0.05) is 12.2 Å². The van der Waals surface area contributed by atoms with Crippen LogP contribution in [0.3, 0.4) is 0 Å². The predicted molar refractivity (Wildman–Crippen MR) is 79.1 cm³/mol. The first-order valence-corrected chi connectivity index (χ1v) is 6.82. The van der Waals surface area contributed by atoms with Crippen molar-refractivity contribution in [3.8, 4) is 0 Å². The first-order valence-electron chi connectivity index (χ1n) is 6.82. The summed E-state index contributed by atoms with van der Waals surface area (Å²) in [7, 11) is 1.33. The Balaban J connectivity index is 2.62. The highest BCUT2D eigenvalue weighted by Crippen LogP contribution is 2.17. The Morgan fingerprint density at radius 3 is 2.65 bits per heavy atom. The molecule has 1 rings (SSSR count). The summed E-state index contributed by atoms with van der Waals surface area (Å²) in [4.78, 5) is 23.2. The standard InChI is InChI=1S/C15H22N2O3/c1-4-5-6-9-16-15(19)17-13-10-12(14(18)20-3)8-7-11(13)2/h7-8,10H,4-6,9H2,1-3H3,(H2,16,17,19). The maximum absolute atomic E-state index is 11.7. The van der Waals surface area contributed by atoms with Crippen LogP contribution >= 0.6 is 0 Å². The number of carbonyl (C=O) groups excluding carboxylic acids is 2. The number of ether oxygens (including phenoxy) is 1.